The Morgan fingerprint density at radius 2 is 1.79 bits per heavy atom. The van der Waals surface area contributed by atoms with Crippen LogP contribution in [0.5, 0.6) is 17.4 Å². The third-order valence-electron chi connectivity index (χ3n) is 3.00. The second-order valence-electron chi connectivity index (χ2n) is 4.70. The van der Waals surface area contributed by atoms with E-state index in [0.29, 0.717) is 24.7 Å². The van der Waals surface area contributed by atoms with Crippen molar-refractivity contribution < 1.29 is 14.6 Å². The zero-order valence-electron chi connectivity index (χ0n) is 13.4. The van der Waals surface area contributed by atoms with E-state index in [1.807, 2.05) is 24.9 Å². The van der Waals surface area contributed by atoms with Crippen molar-refractivity contribution in [2.24, 2.45) is 0 Å². The Bertz CT molecular complexity index is 889. The number of rotatable bonds is 6. The van der Waals surface area contributed by atoms with Crippen molar-refractivity contribution in [3.63, 3.8) is 0 Å². The molecule has 0 saturated carbocycles. The number of aromatic hydroxyl groups is 1. The topological polar surface area (TPSA) is 104 Å². The molecule has 1 heterocycles. The van der Waals surface area contributed by atoms with Crippen LogP contribution in [-0.2, 0) is 0 Å². The van der Waals surface area contributed by atoms with Crippen molar-refractivity contribution in [3.8, 4) is 17.4 Å². The number of benzene rings is 1. The second-order valence-corrected chi connectivity index (χ2v) is 4.70. The van der Waals surface area contributed by atoms with E-state index < -0.39 is 17.1 Å². The van der Waals surface area contributed by atoms with Gasteiger partial charge in [-0.3, -0.25) is 14.8 Å². The van der Waals surface area contributed by atoms with Crippen LogP contribution < -0.4 is 20.7 Å². The largest absolute Gasteiger partial charge is 0.494 e. The van der Waals surface area contributed by atoms with Gasteiger partial charge in [-0.25, -0.2) is 4.79 Å². The number of aromatic nitrogens is 2. The quantitative estimate of drug-likeness (QED) is 0.702. The van der Waals surface area contributed by atoms with E-state index in [0.717, 1.165) is 5.56 Å². The Hall–Kier alpha value is -3.18. The third-order valence-corrected chi connectivity index (χ3v) is 3.00. The minimum Gasteiger partial charge on any atom is -0.494 e. The Labute approximate surface area is 137 Å². The van der Waals surface area contributed by atoms with Gasteiger partial charge in [0.2, 0.25) is 5.88 Å². The van der Waals surface area contributed by atoms with E-state index in [1.54, 1.807) is 18.2 Å². The summed E-state index contributed by atoms with van der Waals surface area (Å²) in [5.41, 5.74) is 2.02. The molecule has 3 N–H and O–H groups in total. The first-order valence-corrected chi connectivity index (χ1v) is 7.42. The van der Waals surface area contributed by atoms with Crippen LogP contribution in [0.3, 0.4) is 0 Å². The van der Waals surface area contributed by atoms with Crippen LogP contribution in [-0.4, -0.2) is 28.3 Å². The number of nitrogens with one attached hydrogen (secondary N) is 2. The van der Waals surface area contributed by atoms with Crippen LogP contribution in [0.4, 0.5) is 0 Å². The van der Waals surface area contributed by atoms with Crippen molar-refractivity contribution >= 4 is 12.2 Å². The first-order chi connectivity index (χ1) is 11.5. The van der Waals surface area contributed by atoms with E-state index in [4.69, 9.17) is 9.47 Å². The molecule has 0 fully saturated rings. The summed E-state index contributed by atoms with van der Waals surface area (Å²) in [6.45, 7) is 4.80. The van der Waals surface area contributed by atoms with E-state index in [1.165, 1.54) is 6.08 Å². The number of hydrogen-bond acceptors (Lipinski definition) is 5. The van der Waals surface area contributed by atoms with Gasteiger partial charge in [-0.15, -0.1) is 5.73 Å². The zero-order valence-corrected chi connectivity index (χ0v) is 13.4. The third kappa shape index (κ3) is 4.18. The maximum atomic E-state index is 11.6. The summed E-state index contributed by atoms with van der Waals surface area (Å²) in [5.74, 6) is 0.751. The smallest absolute Gasteiger partial charge is 0.328 e. The lowest BCUT2D eigenvalue weighted by molar-refractivity contribution is 0.287. The lowest BCUT2D eigenvalue weighted by Gasteiger charge is -2.10. The SMILES string of the molecule is CCOc1ccc(C=C=Cc2c(O)[nH]c(=O)[nH]c2=O)cc1OCC. The molecule has 0 unspecified atom stereocenters. The summed E-state index contributed by atoms with van der Waals surface area (Å²) in [6, 6.07) is 5.38. The number of ether oxygens (including phenoxy) is 2. The molecule has 1 aromatic heterocycles. The van der Waals surface area contributed by atoms with Gasteiger partial charge in [0.1, 0.15) is 5.56 Å². The van der Waals surface area contributed by atoms with Crippen molar-refractivity contribution in [2.75, 3.05) is 13.2 Å². The summed E-state index contributed by atoms with van der Waals surface area (Å²) in [7, 11) is 0. The minimum absolute atomic E-state index is 0.0816. The average Bonchev–Trinajstić information content (AvgIpc) is 2.52. The molecule has 0 saturated heterocycles. The van der Waals surface area contributed by atoms with Gasteiger partial charge in [-0.1, -0.05) is 6.07 Å². The Kier molecular flexibility index (Phi) is 5.65. The second kappa shape index (κ2) is 7.89. The highest BCUT2D eigenvalue weighted by Crippen LogP contribution is 2.28. The molecule has 1 aromatic carbocycles. The van der Waals surface area contributed by atoms with Gasteiger partial charge in [0.25, 0.3) is 5.56 Å². The van der Waals surface area contributed by atoms with Gasteiger partial charge in [-0.2, -0.15) is 0 Å². The standard InChI is InChI=1S/C17H18N2O5/c1-3-23-13-9-8-11(10-14(13)24-4-2)6-5-7-12-15(20)18-17(22)19-16(12)21/h6-10H,3-4H2,1-2H3,(H3,18,19,20,21,22). The van der Waals surface area contributed by atoms with E-state index in [-0.39, 0.29) is 5.56 Å². The van der Waals surface area contributed by atoms with Crippen LogP contribution in [0.15, 0.2) is 33.5 Å². The van der Waals surface area contributed by atoms with Gasteiger partial charge in [0.15, 0.2) is 11.5 Å². The summed E-state index contributed by atoms with van der Waals surface area (Å²) < 4.78 is 11.0. The molecule has 126 valence electrons. The van der Waals surface area contributed by atoms with Crippen molar-refractivity contribution in [3.05, 3.63) is 55.9 Å². The van der Waals surface area contributed by atoms with Gasteiger partial charge in [0.05, 0.1) is 13.2 Å². The molecule has 0 aliphatic rings. The molecule has 2 aromatic rings. The van der Waals surface area contributed by atoms with Crippen LogP contribution in [0, 0.1) is 0 Å². The van der Waals surface area contributed by atoms with Gasteiger partial charge in [0, 0.05) is 0 Å². The lowest BCUT2D eigenvalue weighted by atomic mass is 10.2. The molecule has 0 spiro atoms. The lowest BCUT2D eigenvalue weighted by Crippen LogP contribution is -2.23. The summed E-state index contributed by atoms with van der Waals surface area (Å²) >= 11 is 0. The highest BCUT2D eigenvalue weighted by molar-refractivity contribution is 5.61. The molecule has 0 aliphatic heterocycles. The Morgan fingerprint density at radius 3 is 2.46 bits per heavy atom. The number of aromatic amines is 2. The molecule has 24 heavy (non-hydrogen) atoms. The fraction of sp³-hybridized carbons (Fsp3) is 0.235. The highest BCUT2D eigenvalue weighted by atomic mass is 16.5. The molecular formula is C17H18N2O5. The molecule has 2 rings (SSSR count). The minimum atomic E-state index is -0.772. The fourth-order valence-corrected chi connectivity index (χ4v) is 2.00. The fourth-order valence-electron chi connectivity index (χ4n) is 2.00. The van der Waals surface area contributed by atoms with Gasteiger partial charge < -0.3 is 14.6 Å². The maximum Gasteiger partial charge on any atom is 0.328 e. The van der Waals surface area contributed by atoms with E-state index in [2.05, 4.69) is 10.7 Å². The molecule has 0 amide bonds. The highest BCUT2D eigenvalue weighted by Gasteiger charge is 2.05. The van der Waals surface area contributed by atoms with Crippen LogP contribution in [0.1, 0.15) is 25.0 Å². The Balaban J connectivity index is 2.33. The van der Waals surface area contributed by atoms with Crippen molar-refractivity contribution in [2.45, 2.75) is 13.8 Å². The first-order valence-electron chi connectivity index (χ1n) is 7.42. The molecule has 7 heteroatoms. The summed E-state index contributed by atoms with van der Waals surface area (Å²) in [6.07, 6.45) is 2.89. The molecule has 0 aliphatic carbocycles. The number of hydrogen-bond donors (Lipinski definition) is 3. The zero-order chi connectivity index (χ0) is 17.5. The normalized spacial score (nSPS) is 9.92. The van der Waals surface area contributed by atoms with E-state index in [9.17, 15) is 14.7 Å². The van der Waals surface area contributed by atoms with Gasteiger partial charge >= 0.3 is 5.69 Å². The predicted octanol–water partition coefficient (Wildman–Crippen LogP) is 1.89. The average molecular weight is 330 g/mol. The number of H-pyrrole nitrogens is 2. The molecule has 0 radical (unpaired) electrons. The van der Waals surface area contributed by atoms with Crippen LogP contribution >= 0.6 is 0 Å². The molecule has 0 atom stereocenters. The predicted molar refractivity (Wildman–Crippen MR) is 90.6 cm³/mol. The van der Waals surface area contributed by atoms with Crippen molar-refractivity contribution in [1.82, 2.24) is 9.97 Å². The maximum absolute atomic E-state index is 11.6. The molecule has 0 bridgehead atoms. The Morgan fingerprint density at radius 1 is 1.08 bits per heavy atom. The van der Waals surface area contributed by atoms with Crippen molar-refractivity contribution in [1.29, 1.82) is 0 Å². The summed E-state index contributed by atoms with van der Waals surface area (Å²) in [5, 5.41) is 9.58. The van der Waals surface area contributed by atoms with Gasteiger partial charge in [-0.05, 0) is 43.7 Å². The van der Waals surface area contributed by atoms with E-state index >= 15 is 0 Å². The summed E-state index contributed by atoms with van der Waals surface area (Å²) in [4.78, 5) is 26.7. The van der Waals surface area contributed by atoms with Crippen LogP contribution in [0.25, 0.3) is 12.2 Å². The molecular weight excluding hydrogens is 312 g/mol. The molecule has 7 nitrogen and oxygen atoms in total. The first kappa shape index (κ1) is 17.2. The monoisotopic (exact) mass is 330 g/mol. The van der Waals surface area contributed by atoms with Crippen LogP contribution in [0.2, 0.25) is 0 Å².